The predicted octanol–water partition coefficient (Wildman–Crippen LogP) is 0.151. The quantitative estimate of drug-likeness (QED) is 0.785. The van der Waals surface area contributed by atoms with Crippen molar-refractivity contribution in [3.05, 3.63) is 42.0 Å². The maximum atomic E-state index is 10.7. The molecule has 1 aromatic carbocycles. The lowest BCUT2D eigenvalue weighted by atomic mass is 10.3. The standard InChI is InChI=1S/C12H15N5O/c1-9-15-16-12(8-14-7-11(13)18)17(9)10-5-3-2-4-6-10/h2-6,14H,7-8H2,1H3,(H2,13,18). The van der Waals surface area contributed by atoms with Crippen LogP contribution in [0.4, 0.5) is 0 Å². The summed E-state index contributed by atoms with van der Waals surface area (Å²) >= 11 is 0. The highest BCUT2D eigenvalue weighted by molar-refractivity contribution is 5.75. The molecule has 0 saturated heterocycles. The number of primary amides is 1. The van der Waals surface area contributed by atoms with Gasteiger partial charge in [-0.1, -0.05) is 18.2 Å². The normalized spacial score (nSPS) is 10.5. The smallest absolute Gasteiger partial charge is 0.231 e. The number of hydrogen-bond acceptors (Lipinski definition) is 4. The van der Waals surface area contributed by atoms with Crippen molar-refractivity contribution in [2.24, 2.45) is 5.73 Å². The Bertz CT molecular complexity index is 535. The number of aromatic nitrogens is 3. The van der Waals surface area contributed by atoms with Crippen LogP contribution in [0.1, 0.15) is 11.6 Å². The molecule has 0 unspecified atom stereocenters. The third kappa shape index (κ3) is 2.72. The Hall–Kier alpha value is -2.21. The summed E-state index contributed by atoms with van der Waals surface area (Å²) in [5.41, 5.74) is 6.06. The van der Waals surface area contributed by atoms with Crippen LogP contribution in [0.3, 0.4) is 0 Å². The minimum Gasteiger partial charge on any atom is -0.369 e. The molecule has 3 N–H and O–H groups in total. The minimum atomic E-state index is -0.391. The van der Waals surface area contributed by atoms with Gasteiger partial charge in [-0.05, 0) is 19.1 Å². The Kier molecular flexibility index (Phi) is 3.69. The zero-order chi connectivity index (χ0) is 13.0. The average molecular weight is 245 g/mol. The minimum absolute atomic E-state index is 0.126. The number of benzene rings is 1. The van der Waals surface area contributed by atoms with Crippen LogP contribution in [0.25, 0.3) is 5.69 Å². The van der Waals surface area contributed by atoms with Gasteiger partial charge in [-0.3, -0.25) is 9.36 Å². The van der Waals surface area contributed by atoms with E-state index in [1.165, 1.54) is 0 Å². The lowest BCUT2D eigenvalue weighted by Gasteiger charge is -2.08. The molecule has 94 valence electrons. The van der Waals surface area contributed by atoms with Crippen molar-refractivity contribution in [1.82, 2.24) is 20.1 Å². The molecule has 18 heavy (non-hydrogen) atoms. The molecule has 0 atom stereocenters. The van der Waals surface area contributed by atoms with Gasteiger partial charge in [0.2, 0.25) is 5.91 Å². The van der Waals surface area contributed by atoms with Crippen LogP contribution in [0.5, 0.6) is 0 Å². The van der Waals surface area contributed by atoms with Gasteiger partial charge in [-0.2, -0.15) is 0 Å². The number of amides is 1. The second-order valence-corrected chi connectivity index (χ2v) is 3.90. The summed E-state index contributed by atoms with van der Waals surface area (Å²) in [6.07, 6.45) is 0. The van der Waals surface area contributed by atoms with Crippen LogP contribution in [0, 0.1) is 6.92 Å². The van der Waals surface area contributed by atoms with Crippen molar-refractivity contribution < 1.29 is 4.79 Å². The van der Waals surface area contributed by atoms with E-state index in [1.54, 1.807) is 0 Å². The number of rotatable bonds is 5. The summed E-state index contributed by atoms with van der Waals surface area (Å²) in [7, 11) is 0. The number of nitrogens with two attached hydrogens (primary N) is 1. The van der Waals surface area contributed by atoms with E-state index in [-0.39, 0.29) is 6.54 Å². The van der Waals surface area contributed by atoms with Gasteiger partial charge < -0.3 is 11.1 Å². The lowest BCUT2D eigenvalue weighted by Crippen LogP contribution is -2.29. The van der Waals surface area contributed by atoms with E-state index in [0.29, 0.717) is 6.54 Å². The van der Waals surface area contributed by atoms with Gasteiger partial charge in [0.15, 0.2) is 5.82 Å². The fourth-order valence-corrected chi connectivity index (χ4v) is 1.73. The maximum Gasteiger partial charge on any atom is 0.231 e. The molecule has 2 aromatic rings. The van der Waals surface area contributed by atoms with E-state index in [0.717, 1.165) is 17.3 Å². The van der Waals surface area contributed by atoms with Gasteiger partial charge in [0.25, 0.3) is 0 Å². The molecule has 1 heterocycles. The predicted molar refractivity (Wildman–Crippen MR) is 67.0 cm³/mol. The van der Waals surface area contributed by atoms with E-state index in [9.17, 15) is 4.79 Å². The van der Waals surface area contributed by atoms with Gasteiger partial charge in [-0.25, -0.2) is 0 Å². The third-order valence-electron chi connectivity index (χ3n) is 2.49. The molecule has 0 aliphatic carbocycles. The molecule has 0 aliphatic rings. The molecule has 0 radical (unpaired) electrons. The zero-order valence-electron chi connectivity index (χ0n) is 10.1. The summed E-state index contributed by atoms with van der Waals surface area (Å²) in [6, 6.07) is 9.82. The number of carbonyl (C=O) groups excluding carboxylic acids is 1. The van der Waals surface area contributed by atoms with Crippen LogP contribution in [0.2, 0.25) is 0 Å². The van der Waals surface area contributed by atoms with Crippen LogP contribution in [-0.4, -0.2) is 27.2 Å². The van der Waals surface area contributed by atoms with Crippen LogP contribution in [0.15, 0.2) is 30.3 Å². The van der Waals surface area contributed by atoms with Crippen LogP contribution in [-0.2, 0) is 11.3 Å². The molecule has 0 bridgehead atoms. The van der Waals surface area contributed by atoms with E-state index >= 15 is 0 Å². The highest BCUT2D eigenvalue weighted by Gasteiger charge is 2.10. The second kappa shape index (κ2) is 5.42. The Morgan fingerprint density at radius 1 is 1.33 bits per heavy atom. The number of para-hydroxylation sites is 1. The first kappa shape index (κ1) is 12.3. The Balaban J connectivity index is 2.20. The molecular formula is C12H15N5O. The number of nitrogens with one attached hydrogen (secondary N) is 1. The second-order valence-electron chi connectivity index (χ2n) is 3.90. The van der Waals surface area contributed by atoms with E-state index in [4.69, 9.17) is 5.73 Å². The lowest BCUT2D eigenvalue weighted by molar-refractivity contribution is -0.117. The zero-order valence-corrected chi connectivity index (χ0v) is 10.1. The van der Waals surface area contributed by atoms with Crippen molar-refractivity contribution in [1.29, 1.82) is 0 Å². The molecule has 0 saturated carbocycles. The Morgan fingerprint density at radius 3 is 2.72 bits per heavy atom. The molecule has 6 nitrogen and oxygen atoms in total. The summed E-state index contributed by atoms with van der Waals surface area (Å²) in [6.45, 7) is 2.46. The van der Waals surface area contributed by atoms with E-state index in [2.05, 4.69) is 15.5 Å². The third-order valence-corrected chi connectivity index (χ3v) is 2.49. The topological polar surface area (TPSA) is 85.8 Å². The van der Waals surface area contributed by atoms with Crippen molar-refractivity contribution in [3.63, 3.8) is 0 Å². The highest BCUT2D eigenvalue weighted by Crippen LogP contribution is 2.11. The fraction of sp³-hybridized carbons (Fsp3) is 0.250. The highest BCUT2D eigenvalue weighted by atomic mass is 16.1. The van der Waals surface area contributed by atoms with Crippen LogP contribution >= 0.6 is 0 Å². The summed E-state index contributed by atoms with van der Waals surface area (Å²) in [4.78, 5) is 10.7. The molecule has 0 spiro atoms. The first-order chi connectivity index (χ1) is 8.68. The summed E-state index contributed by atoms with van der Waals surface area (Å²) in [5, 5.41) is 11.1. The monoisotopic (exact) mass is 245 g/mol. The largest absolute Gasteiger partial charge is 0.369 e. The van der Waals surface area contributed by atoms with Gasteiger partial charge in [-0.15, -0.1) is 10.2 Å². The van der Waals surface area contributed by atoms with Crippen molar-refractivity contribution >= 4 is 5.91 Å². The SMILES string of the molecule is Cc1nnc(CNCC(N)=O)n1-c1ccccc1. The summed E-state index contributed by atoms with van der Waals surface area (Å²) < 4.78 is 1.94. The van der Waals surface area contributed by atoms with Gasteiger partial charge >= 0.3 is 0 Å². The molecular weight excluding hydrogens is 230 g/mol. The maximum absolute atomic E-state index is 10.7. The van der Waals surface area contributed by atoms with Crippen molar-refractivity contribution in [2.75, 3.05) is 6.54 Å². The first-order valence-electron chi connectivity index (χ1n) is 5.64. The van der Waals surface area contributed by atoms with Gasteiger partial charge in [0.05, 0.1) is 13.1 Å². The number of aryl methyl sites for hydroxylation is 1. The van der Waals surface area contributed by atoms with Crippen molar-refractivity contribution in [2.45, 2.75) is 13.5 Å². The van der Waals surface area contributed by atoms with Gasteiger partial charge in [0.1, 0.15) is 5.82 Å². The van der Waals surface area contributed by atoms with Gasteiger partial charge in [0, 0.05) is 5.69 Å². The van der Waals surface area contributed by atoms with E-state index in [1.807, 2.05) is 41.8 Å². The molecule has 1 amide bonds. The summed E-state index contributed by atoms with van der Waals surface area (Å²) in [5.74, 6) is 1.16. The Labute approximate surface area is 105 Å². The molecule has 0 aliphatic heterocycles. The van der Waals surface area contributed by atoms with Crippen molar-refractivity contribution in [3.8, 4) is 5.69 Å². The molecule has 1 aromatic heterocycles. The van der Waals surface area contributed by atoms with Crippen LogP contribution < -0.4 is 11.1 Å². The molecule has 6 heteroatoms. The first-order valence-corrected chi connectivity index (χ1v) is 5.64. The molecule has 0 fully saturated rings. The fourth-order valence-electron chi connectivity index (χ4n) is 1.73. The average Bonchev–Trinajstić information content (AvgIpc) is 2.71. The Morgan fingerprint density at radius 2 is 2.06 bits per heavy atom. The number of nitrogens with zero attached hydrogens (tertiary/aromatic N) is 3. The molecule has 2 rings (SSSR count). The number of hydrogen-bond donors (Lipinski definition) is 2. The number of carbonyl (C=O) groups is 1. The van der Waals surface area contributed by atoms with E-state index < -0.39 is 5.91 Å².